The zero-order chi connectivity index (χ0) is 10.7. The first-order valence-electron chi connectivity index (χ1n) is 4.42. The molecule has 0 amide bonds. The summed E-state index contributed by atoms with van der Waals surface area (Å²) in [5.41, 5.74) is 1.83. The molecule has 0 saturated heterocycles. The molecule has 0 radical (unpaired) electrons. The maximum atomic E-state index is 12.8. The summed E-state index contributed by atoms with van der Waals surface area (Å²) in [7, 11) is 0. The van der Waals surface area contributed by atoms with Crippen LogP contribution in [0.3, 0.4) is 0 Å². The van der Waals surface area contributed by atoms with E-state index in [1.54, 1.807) is 18.6 Å². The van der Waals surface area contributed by atoms with E-state index in [0.29, 0.717) is 11.0 Å². The van der Waals surface area contributed by atoms with Crippen molar-refractivity contribution in [3.63, 3.8) is 0 Å². The molecule has 0 unspecified atom stereocenters. The fourth-order valence-electron chi connectivity index (χ4n) is 1.20. The van der Waals surface area contributed by atoms with E-state index in [2.05, 4.69) is 31.2 Å². The minimum Gasteiger partial charge on any atom is -0.378 e. The molecule has 78 valence electrons. The number of benzene rings is 1. The quantitative estimate of drug-likeness (QED) is 0.900. The molecule has 5 heteroatoms. The van der Waals surface area contributed by atoms with Gasteiger partial charge in [0.05, 0.1) is 18.6 Å². The third-order valence-corrected chi connectivity index (χ3v) is 2.61. The summed E-state index contributed by atoms with van der Waals surface area (Å²) in [5.74, 6) is -0.256. The second kappa shape index (κ2) is 4.44. The summed E-state index contributed by atoms with van der Waals surface area (Å²) < 4.78 is 13.5. The summed E-state index contributed by atoms with van der Waals surface area (Å²) in [5, 5.41) is 3.16. The molecular formula is C10H9BrFN3. The molecule has 2 aromatic rings. The van der Waals surface area contributed by atoms with Gasteiger partial charge in [0.25, 0.3) is 0 Å². The maximum absolute atomic E-state index is 12.8. The summed E-state index contributed by atoms with van der Waals surface area (Å²) in [6, 6.07) is 4.53. The zero-order valence-electron chi connectivity index (χ0n) is 7.80. The molecule has 3 nitrogen and oxygen atoms in total. The van der Waals surface area contributed by atoms with Gasteiger partial charge in [0.15, 0.2) is 0 Å². The van der Waals surface area contributed by atoms with Crippen LogP contribution in [0.5, 0.6) is 0 Å². The molecule has 2 rings (SSSR count). The highest BCUT2D eigenvalue weighted by Gasteiger charge is 2.01. The minimum absolute atomic E-state index is 0.256. The Morgan fingerprint density at radius 3 is 3.00 bits per heavy atom. The Bertz CT molecular complexity index is 442. The SMILES string of the molecule is Fc1ccc(NCc2cnc[nH]2)c(Br)c1. The number of rotatable bonds is 3. The van der Waals surface area contributed by atoms with Crippen molar-refractivity contribution in [2.24, 2.45) is 0 Å². The number of nitrogens with one attached hydrogen (secondary N) is 2. The first-order valence-corrected chi connectivity index (χ1v) is 5.21. The number of anilines is 1. The molecule has 0 aliphatic rings. The predicted molar refractivity (Wildman–Crippen MR) is 60.0 cm³/mol. The normalized spacial score (nSPS) is 10.3. The summed E-state index contributed by atoms with van der Waals surface area (Å²) in [6.07, 6.45) is 3.36. The number of hydrogen-bond donors (Lipinski definition) is 2. The number of imidazole rings is 1. The molecule has 1 aromatic carbocycles. The molecule has 1 aromatic heterocycles. The number of nitrogens with zero attached hydrogens (tertiary/aromatic N) is 1. The molecule has 0 aliphatic heterocycles. The van der Waals surface area contributed by atoms with Gasteiger partial charge in [-0.2, -0.15) is 0 Å². The van der Waals surface area contributed by atoms with Gasteiger partial charge >= 0.3 is 0 Å². The van der Waals surface area contributed by atoms with Crippen molar-refractivity contribution < 1.29 is 4.39 Å². The topological polar surface area (TPSA) is 40.7 Å². The van der Waals surface area contributed by atoms with Crippen LogP contribution in [0.1, 0.15) is 5.69 Å². The third-order valence-electron chi connectivity index (χ3n) is 1.96. The molecule has 2 N–H and O–H groups in total. The van der Waals surface area contributed by atoms with Crippen molar-refractivity contribution in [1.29, 1.82) is 0 Å². The highest BCUT2D eigenvalue weighted by Crippen LogP contribution is 2.23. The minimum atomic E-state index is -0.256. The number of H-pyrrole nitrogens is 1. The van der Waals surface area contributed by atoms with Gasteiger partial charge in [0, 0.05) is 16.4 Å². The zero-order valence-corrected chi connectivity index (χ0v) is 9.38. The third kappa shape index (κ3) is 2.56. The largest absolute Gasteiger partial charge is 0.378 e. The molecule has 0 fully saturated rings. The van der Waals surface area contributed by atoms with E-state index < -0.39 is 0 Å². The Morgan fingerprint density at radius 1 is 1.47 bits per heavy atom. The molecular weight excluding hydrogens is 261 g/mol. The number of aromatic nitrogens is 2. The number of aromatic amines is 1. The molecule has 0 aliphatic carbocycles. The van der Waals surface area contributed by atoms with E-state index in [1.807, 2.05) is 0 Å². The smallest absolute Gasteiger partial charge is 0.124 e. The fourth-order valence-corrected chi connectivity index (χ4v) is 1.70. The molecule has 1 heterocycles. The Morgan fingerprint density at radius 2 is 2.33 bits per heavy atom. The van der Waals surface area contributed by atoms with Gasteiger partial charge in [-0.3, -0.25) is 0 Å². The summed E-state index contributed by atoms with van der Waals surface area (Å²) >= 11 is 3.28. The van der Waals surface area contributed by atoms with E-state index in [0.717, 1.165) is 11.4 Å². The lowest BCUT2D eigenvalue weighted by Crippen LogP contribution is -2.00. The monoisotopic (exact) mass is 269 g/mol. The second-order valence-corrected chi connectivity index (χ2v) is 3.91. The van der Waals surface area contributed by atoms with Crippen LogP contribution in [0.4, 0.5) is 10.1 Å². The molecule has 0 bridgehead atoms. The highest BCUT2D eigenvalue weighted by molar-refractivity contribution is 9.10. The van der Waals surface area contributed by atoms with Crippen LogP contribution in [0.15, 0.2) is 35.2 Å². The lowest BCUT2D eigenvalue weighted by Gasteiger charge is -2.06. The van der Waals surface area contributed by atoms with E-state index >= 15 is 0 Å². The van der Waals surface area contributed by atoms with Gasteiger partial charge in [0.2, 0.25) is 0 Å². The van der Waals surface area contributed by atoms with Crippen molar-refractivity contribution in [1.82, 2.24) is 9.97 Å². The Labute approximate surface area is 94.9 Å². The van der Waals surface area contributed by atoms with Crippen LogP contribution in [0, 0.1) is 5.82 Å². The van der Waals surface area contributed by atoms with Gasteiger partial charge in [-0.25, -0.2) is 9.37 Å². The standard InChI is InChI=1S/C10H9BrFN3/c11-9-3-7(12)1-2-10(9)14-5-8-4-13-6-15-8/h1-4,6,14H,5H2,(H,13,15). The Hall–Kier alpha value is -1.36. The first kappa shape index (κ1) is 10.2. The Kier molecular flexibility index (Phi) is 3.01. The molecule has 0 spiro atoms. The molecule has 0 saturated carbocycles. The van der Waals surface area contributed by atoms with Crippen LogP contribution < -0.4 is 5.32 Å². The van der Waals surface area contributed by atoms with Crippen LogP contribution in [0.25, 0.3) is 0 Å². The van der Waals surface area contributed by atoms with E-state index in [1.165, 1.54) is 12.1 Å². The maximum Gasteiger partial charge on any atom is 0.124 e. The van der Waals surface area contributed by atoms with Crippen LogP contribution in [0.2, 0.25) is 0 Å². The first-order chi connectivity index (χ1) is 7.25. The van der Waals surface area contributed by atoms with Gasteiger partial charge < -0.3 is 10.3 Å². The van der Waals surface area contributed by atoms with Crippen molar-refractivity contribution in [2.75, 3.05) is 5.32 Å². The van der Waals surface area contributed by atoms with E-state index in [9.17, 15) is 4.39 Å². The highest BCUT2D eigenvalue weighted by atomic mass is 79.9. The summed E-state index contributed by atoms with van der Waals surface area (Å²) in [4.78, 5) is 6.88. The fraction of sp³-hybridized carbons (Fsp3) is 0.100. The van der Waals surface area contributed by atoms with Gasteiger partial charge in [-0.05, 0) is 34.1 Å². The summed E-state index contributed by atoms with van der Waals surface area (Å²) in [6.45, 7) is 0.629. The van der Waals surface area contributed by atoms with Crippen molar-refractivity contribution in [2.45, 2.75) is 6.54 Å². The lowest BCUT2D eigenvalue weighted by molar-refractivity contribution is 0.627. The van der Waals surface area contributed by atoms with Crippen LogP contribution >= 0.6 is 15.9 Å². The molecule has 0 atom stereocenters. The number of halogens is 2. The van der Waals surface area contributed by atoms with E-state index in [-0.39, 0.29) is 5.82 Å². The average Bonchev–Trinajstić information content (AvgIpc) is 2.69. The lowest BCUT2D eigenvalue weighted by atomic mass is 10.3. The average molecular weight is 270 g/mol. The van der Waals surface area contributed by atoms with Crippen molar-refractivity contribution in [3.05, 3.63) is 46.7 Å². The van der Waals surface area contributed by atoms with Crippen LogP contribution in [-0.4, -0.2) is 9.97 Å². The predicted octanol–water partition coefficient (Wildman–Crippen LogP) is 2.92. The van der Waals surface area contributed by atoms with Crippen molar-refractivity contribution >= 4 is 21.6 Å². The van der Waals surface area contributed by atoms with Gasteiger partial charge in [-0.15, -0.1) is 0 Å². The van der Waals surface area contributed by atoms with E-state index in [4.69, 9.17) is 0 Å². The van der Waals surface area contributed by atoms with Crippen molar-refractivity contribution in [3.8, 4) is 0 Å². The number of hydrogen-bond acceptors (Lipinski definition) is 2. The second-order valence-electron chi connectivity index (χ2n) is 3.05. The van der Waals surface area contributed by atoms with Gasteiger partial charge in [0.1, 0.15) is 5.82 Å². The van der Waals surface area contributed by atoms with Crippen LogP contribution in [-0.2, 0) is 6.54 Å². The van der Waals surface area contributed by atoms with Gasteiger partial charge in [-0.1, -0.05) is 0 Å². The Balaban J connectivity index is 2.05. The molecule has 15 heavy (non-hydrogen) atoms.